The highest BCUT2D eigenvalue weighted by atomic mass is 35.5. The van der Waals surface area contributed by atoms with Crippen molar-refractivity contribution in [2.45, 2.75) is 50.6 Å². The van der Waals surface area contributed by atoms with E-state index in [9.17, 15) is 14.0 Å². The van der Waals surface area contributed by atoms with Crippen LogP contribution in [0.1, 0.15) is 44.9 Å². The predicted octanol–water partition coefficient (Wildman–Crippen LogP) is 2.99. The van der Waals surface area contributed by atoms with Crippen LogP contribution in [0.4, 0.5) is 4.39 Å². The molecule has 94 valence electrons. The molecule has 0 saturated carbocycles. The van der Waals surface area contributed by atoms with Gasteiger partial charge in [0.2, 0.25) is 0 Å². The molecule has 0 aliphatic rings. The maximum Gasteiger partial charge on any atom is 0.356 e. The number of unbranched alkanes of at least 4 members (excludes halogenated alkanes) is 6. The second-order valence-corrected chi connectivity index (χ2v) is 3.93. The van der Waals surface area contributed by atoms with Crippen LogP contribution in [0.25, 0.3) is 0 Å². The first-order chi connectivity index (χ1) is 7.68. The van der Waals surface area contributed by atoms with E-state index in [1.165, 1.54) is 0 Å². The van der Waals surface area contributed by atoms with Gasteiger partial charge in [-0.2, -0.15) is 0 Å². The number of esters is 1. The van der Waals surface area contributed by atoms with Gasteiger partial charge in [-0.25, -0.2) is 9.18 Å². The van der Waals surface area contributed by atoms with Crippen molar-refractivity contribution >= 4 is 23.9 Å². The van der Waals surface area contributed by atoms with Crippen molar-refractivity contribution in [3.63, 3.8) is 0 Å². The molecule has 0 aliphatic heterocycles. The third kappa shape index (κ3) is 9.90. The number of carbonyl (C=O) groups excluding carboxylic acids is 2. The van der Waals surface area contributed by atoms with Crippen LogP contribution in [0, 0.1) is 0 Å². The molecular weight excluding hydrogens is 235 g/mol. The molecular formula is C11H18ClFO3. The first-order valence-corrected chi connectivity index (χ1v) is 6.00. The fourth-order valence-corrected chi connectivity index (χ4v) is 1.34. The molecule has 0 N–H and O–H groups in total. The molecule has 0 aromatic rings. The van der Waals surface area contributed by atoms with Crippen LogP contribution < -0.4 is 0 Å². The highest BCUT2D eigenvalue weighted by Gasteiger charge is 2.13. The van der Waals surface area contributed by atoms with Crippen LogP contribution in [0.2, 0.25) is 0 Å². The third-order valence-electron chi connectivity index (χ3n) is 2.14. The van der Waals surface area contributed by atoms with Crippen molar-refractivity contribution in [1.29, 1.82) is 0 Å². The standard InChI is InChI=1S/C11H18ClFO3/c12-10(13)11(15)16-9-7-5-3-1-2-4-6-8-14/h8,10H,1-7,9H2. The molecule has 0 bridgehead atoms. The van der Waals surface area contributed by atoms with Gasteiger partial charge < -0.3 is 9.53 Å². The largest absolute Gasteiger partial charge is 0.463 e. The Labute approximate surface area is 100 Å². The Hall–Kier alpha value is -0.640. The van der Waals surface area contributed by atoms with Gasteiger partial charge in [0.15, 0.2) is 0 Å². The third-order valence-corrected chi connectivity index (χ3v) is 2.32. The molecule has 0 aromatic carbocycles. The van der Waals surface area contributed by atoms with Gasteiger partial charge in [0.05, 0.1) is 6.61 Å². The minimum absolute atomic E-state index is 0.223. The Morgan fingerprint density at radius 3 is 2.31 bits per heavy atom. The quantitative estimate of drug-likeness (QED) is 0.260. The zero-order chi connectivity index (χ0) is 12.2. The second-order valence-electron chi connectivity index (χ2n) is 3.54. The van der Waals surface area contributed by atoms with Gasteiger partial charge in [-0.05, 0) is 12.8 Å². The molecule has 0 aromatic heterocycles. The Bertz CT molecular complexity index is 198. The lowest BCUT2D eigenvalue weighted by atomic mass is 10.1. The van der Waals surface area contributed by atoms with Crippen LogP contribution in [0.5, 0.6) is 0 Å². The van der Waals surface area contributed by atoms with Crippen LogP contribution in [-0.4, -0.2) is 24.5 Å². The van der Waals surface area contributed by atoms with E-state index in [1.807, 2.05) is 0 Å². The van der Waals surface area contributed by atoms with E-state index < -0.39 is 11.6 Å². The van der Waals surface area contributed by atoms with E-state index in [4.69, 9.17) is 11.6 Å². The molecule has 0 aliphatic carbocycles. The summed E-state index contributed by atoms with van der Waals surface area (Å²) in [5.74, 6) is -1.01. The van der Waals surface area contributed by atoms with Crippen molar-refractivity contribution in [3.05, 3.63) is 0 Å². The lowest BCUT2D eigenvalue weighted by Crippen LogP contribution is -2.13. The molecule has 16 heavy (non-hydrogen) atoms. The first-order valence-electron chi connectivity index (χ1n) is 5.57. The van der Waals surface area contributed by atoms with Crippen molar-refractivity contribution < 1.29 is 18.7 Å². The Morgan fingerprint density at radius 2 is 1.75 bits per heavy atom. The highest BCUT2D eigenvalue weighted by molar-refractivity contribution is 6.28. The zero-order valence-electron chi connectivity index (χ0n) is 9.29. The Balaban J connectivity index is 3.09. The van der Waals surface area contributed by atoms with Crippen molar-refractivity contribution in [1.82, 2.24) is 0 Å². The average Bonchev–Trinajstić information content (AvgIpc) is 2.26. The number of hydrogen-bond donors (Lipinski definition) is 0. The summed E-state index contributed by atoms with van der Waals surface area (Å²) in [6.45, 7) is 0.223. The van der Waals surface area contributed by atoms with E-state index in [2.05, 4.69) is 4.74 Å². The van der Waals surface area contributed by atoms with Crippen LogP contribution in [0.3, 0.4) is 0 Å². The molecule has 0 fully saturated rings. The summed E-state index contributed by atoms with van der Waals surface area (Å²) >= 11 is 4.87. The SMILES string of the molecule is O=CCCCCCCCCOC(=O)C(F)Cl. The van der Waals surface area contributed by atoms with Gasteiger partial charge >= 0.3 is 5.97 Å². The van der Waals surface area contributed by atoms with E-state index >= 15 is 0 Å². The van der Waals surface area contributed by atoms with Crippen molar-refractivity contribution in [3.8, 4) is 0 Å². The predicted molar refractivity (Wildman–Crippen MR) is 60.1 cm³/mol. The van der Waals surface area contributed by atoms with Gasteiger partial charge in [0.25, 0.3) is 5.63 Å². The molecule has 5 heteroatoms. The zero-order valence-corrected chi connectivity index (χ0v) is 10.0. The summed E-state index contributed by atoms with van der Waals surface area (Å²) < 4.78 is 16.7. The number of ether oxygens (including phenoxy) is 1. The maximum absolute atomic E-state index is 12.1. The number of hydrogen-bond acceptors (Lipinski definition) is 3. The summed E-state index contributed by atoms with van der Waals surface area (Å²) in [7, 11) is 0. The van der Waals surface area contributed by atoms with E-state index in [0.29, 0.717) is 6.42 Å². The molecule has 1 atom stereocenters. The molecule has 0 saturated heterocycles. The molecule has 3 nitrogen and oxygen atoms in total. The highest BCUT2D eigenvalue weighted by Crippen LogP contribution is 2.07. The fraction of sp³-hybridized carbons (Fsp3) is 0.818. The number of aldehydes is 1. The van der Waals surface area contributed by atoms with Crippen molar-refractivity contribution in [2.24, 2.45) is 0 Å². The number of rotatable bonds is 10. The van der Waals surface area contributed by atoms with Gasteiger partial charge in [-0.15, -0.1) is 0 Å². The smallest absolute Gasteiger partial charge is 0.356 e. The van der Waals surface area contributed by atoms with Crippen molar-refractivity contribution in [2.75, 3.05) is 6.61 Å². The normalized spacial score (nSPS) is 12.1. The fourth-order valence-electron chi connectivity index (χ4n) is 1.27. The second kappa shape index (κ2) is 10.9. The average molecular weight is 253 g/mol. The van der Waals surface area contributed by atoms with Gasteiger partial charge in [-0.3, -0.25) is 0 Å². The van der Waals surface area contributed by atoms with E-state index in [1.54, 1.807) is 0 Å². The van der Waals surface area contributed by atoms with Crippen LogP contribution in [-0.2, 0) is 14.3 Å². The molecule has 0 rings (SSSR count). The molecule has 0 heterocycles. The van der Waals surface area contributed by atoms with Gasteiger partial charge in [0, 0.05) is 6.42 Å². The molecule has 0 amide bonds. The Morgan fingerprint density at radius 1 is 1.19 bits per heavy atom. The Kier molecular flexibility index (Phi) is 10.4. The van der Waals surface area contributed by atoms with Gasteiger partial charge in [0.1, 0.15) is 6.29 Å². The van der Waals surface area contributed by atoms with E-state index in [0.717, 1.165) is 44.8 Å². The summed E-state index contributed by atoms with van der Waals surface area (Å²) in [6.07, 6.45) is 7.32. The minimum Gasteiger partial charge on any atom is -0.463 e. The molecule has 0 radical (unpaired) electrons. The molecule has 1 unspecified atom stereocenters. The van der Waals surface area contributed by atoms with Crippen LogP contribution in [0.15, 0.2) is 0 Å². The number of carbonyl (C=O) groups is 2. The van der Waals surface area contributed by atoms with Gasteiger partial charge in [-0.1, -0.05) is 37.3 Å². The topological polar surface area (TPSA) is 43.4 Å². The first kappa shape index (κ1) is 15.4. The summed E-state index contributed by atoms with van der Waals surface area (Å²) in [5, 5.41) is 0. The lowest BCUT2D eigenvalue weighted by Gasteiger charge is -2.04. The number of halogens is 2. The maximum atomic E-state index is 12.1. The monoisotopic (exact) mass is 252 g/mol. The van der Waals surface area contributed by atoms with E-state index in [-0.39, 0.29) is 6.61 Å². The van der Waals surface area contributed by atoms with Crippen LogP contribution >= 0.6 is 11.6 Å². The number of alkyl halides is 2. The lowest BCUT2D eigenvalue weighted by molar-refractivity contribution is -0.146. The summed E-state index contributed by atoms with van der Waals surface area (Å²) in [4.78, 5) is 20.6. The summed E-state index contributed by atoms with van der Waals surface area (Å²) in [6, 6.07) is 0. The minimum atomic E-state index is -2.05. The molecule has 0 spiro atoms. The summed E-state index contributed by atoms with van der Waals surface area (Å²) in [5.41, 5.74) is -2.05.